The quantitative estimate of drug-likeness (QED) is 0.117. The van der Waals surface area contributed by atoms with Gasteiger partial charge in [0.1, 0.15) is 0 Å². The van der Waals surface area contributed by atoms with E-state index in [1.807, 2.05) is 54.6 Å². The van der Waals surface area contributed by atoms with Crippen molar-refractivity contribution >= 4 is 5.97 Å². The number of benzene rings is 4. The summed E-state index contributed by atoms with van der Waals surface area (Å²) < 4.78 is 23.8. The van der Waals surface area contributed by atoms with Gasteiger partial charge in [-0.1, -0.05) is 91.0 Å². The summed E-state index contributed by atoms with van der Waals surface area (Å²) in [7, 11) is 1.34. The number of methoxy groups -OCH3 is 1. The van der Waals surface area contributed by atoms with Gasteiger partial charge in [0.2, 0.25) is 5.75 Å². The molecule has 0 bridgehead atoms. The fraction of sp³-hybridized carbons (Fsp3) is 0.342. The van der Waals surface area contributed by atoms with Crippen LogP contribution in [0.2, 0.25) is 0 Å². The maximum atomic E-state index is 12.6. The molecular weight excluding hydrogens is 578 g/mol. The standard InChI is InChI=1S/C38H47N3O5/c1-43-38(42)31-26-35(44-20-17-32(39)23-28-11-5-2-6-12-28)37(46-22-19-34(41)25-30-15-9-4-10-16-30)36(27-31)45-21-18-33(40)24-29-13-7-3-8-14-29/h2-16,26-27,32-34H,17-25,39-41H2,1H3/t32-,33-,34-/m1/s1. The number of hydrogen-bond acceptors (Lipinski definition) is 8. The molecule has 0 aliphatic heterocycles. The normalized spacial score (nSPS) is 13.0. The molecule has 8 nitrogen and oxygen atoms in total. The lowest BCUT2D eigenvalue weighted by molar-refractivity contribution is 0.0599. The van der Waals surface area contributed by atoms with E-state index in [2.05, 4.69) is 36.4 Å². The minimum Gasteiger partial charge on any atom is -0.489 e. The Hall–Kier alpha value is -4.37. The van der Waals surface area contributed by atoms with Gasteiger partial charge < -0.3 is 36.1 Å². The molecule has 4 aromatic carbocycles. The number of carbonyl (C=O) groups is 1. The summed E-state index contributed by atoms with van der Waals surface area (Å²) in [4.78, 5) is 12.6. The number of esters is 1. The Balaban J connectivity index is 1.46. The first kappa shape index (κ1) is 34.5. The number of rotatable bonds is 19. The van der Waals surface area contributed by atoms with E-state index in [0.717, 1.165) is 19.3 Å². The van der Waals surface area contributed by atoms with Crippen molar-refractivity contribution in [1.29, 1.82) is 0 Å². The van der Waals surface area contributed by atoms with E-state index in [-0.39, 0.29) is 18.1 Å². The molecular formula is C38H47N3O5. The first-order chi connectivity index (χ1) is 22.4. The smallest absolute Gasteiger partial charge is 0.338 e. The third-order valence-corrected chi connectivity index (χ3v) is 7.69. The van der Waals surface area contributed by atoms with Gasteiger partial charge in [-0.2, -0.15) is 0 Å². The molecule has 3 atom stereocenters. The summed E-state index contributed by atoms with van der Waals surface area (Å²) >= 11 is 0. The highest BCUT2D eigenvalue weighted by molar-refractivity contribution is 5.91. The van der Waals surface area contributed by atoms with E-state index in [1.54, 1.807) is 12.1 Å². The summed E-state index contributed by atoms with van der Waals surface area (Å²) in [5, 5.41) is 0. The van der Waals surface area contributed by atoms with Crippen LogP contribution in [-0.4, -0.2) is 51.0 Å². The van der Waals surface area contributed by atoms with Crippen molar-refractivity contribution in [2.75, 3.05) is 26.9 Å². The molecule has 0 aliphatic rings. The Morgan fingerprint density at radius 1 is 0.565 bits per heavy atom. The zero-order chi connectivity index (χ0) is 32.6. The summed E-state index contributed by atoms with van der Waals surface area (Å²) in [6.45, 7) is 0.979. The van der Waals surface area contributed by atoms with Crippen molar-refractivity contribution in [2.24, 2.45) is 17.2 Å². The molecule has 0 saturated carbocycles. The average Bonchev–Trinajstić information content (AvgIpc) is 3.06. The molecule has 46 heavy (non-hydrogen) atoms. The van der Waals surface area contributed by atoms with Crippen molar-refractivity contribution in [3.8, 4) is 17.2 Å². The molecule has 4 rings (SSSR count). The van der Waals surface area contributed by atoms with Crippen molar-refractivity contribution in [3.05, 3.63) is 125 Å². The molecule has 0 heterocycles. The topological polar surface area (TPSA) is 132 Å². The van der Waals surface area contributed by atoms with E-state index in [0.29, 0.717) is 61.9 Å². The van der Waals surface area contributed by atoms with Gasteiger partial charge in [0, 0.05) is 18.1 Å². The Morgan fingerprint density at radius 2 is 0.913 bits per heavy atom. The summed E-state index contributed by atoms with van der Waals surface area (Å²) in [5.41, 5.74) is 23.1. The first-order valence-electron chi connectivity index (χ1n) is 15.9. The maximum Gasteiger partial charge on any atom is 0.338 e. The van der Waals surface area contributed by atoms with E-state index < -0.39 is 5.97 Å². The Labute approximate surface area is 272 Å². The van der Waals surface area contributed by atoms with Crippen molar-refractivity contribution in [3.63, 3.8) is 0 Å². The van der Waals surface area contributed by atoms with Crippen LogP contribution in [0, 0.1) is 0 Å². The minimum atomic E-state index is -0.507. The van der Waals surface area contributed by atoms with Crippen LogP contribution in [0.5, 0.6) is 17.2 Å². The van der Waals surface area contributed by atoms with E-state index >= 15 is 0 Å². The second kappa shape index (κ2) is 18.6. The highest BCUT2D eigenvalue weighted by atomic mass is 16.5. The van der Waals surface area contributed by atoms with Crippen molar-refractivity contribution in [1.82, 2.24) is 0 Å². The van der Waals surface area contributed by atoms with Crippen LogP contribution < -0.4 is 31.4 Å². The van der Waals surface area contributed by atoms with Crippen molar-refractivity contribution in [2.45, 2.75) is 56.7 Å². The highest BCUT2D eigenvalue weighted by Gasteiger charge is 2.21. The van der Waals surface area contributed by atoms with Crippen LogP contribution in [0.4, 0.5) is 0 Å². The van der Waals surface area contributed by atoms with Gasteiger partial charge in [0.15, 0.2) is 11.5 Å². The monoisotopic (exact) mass is 625 g/mol. The molecule has 0 radical (unpaired) electrons. The van der Waals surface area contributed by atoms with Gasteiger partial charge in [0.25, 0.3) is 0 Å². The number of hydrogen-bond donors (Lipinski definition) is 3. The Morgan fingerprint density at radius 3 is 1.26 bits per heavy atom. The lowest BCUT2D eigenvalue weighted by Gasteiger charge is -2.20. The molecule has 0 aromatic heterocycles. The Kier molecular flexibility index (Phi) is 13.9. The zero-order valence-electron chi connectivity index (χ0n) is 26.7. The predicted octanol–water partition coefficient (Wildman–Crippen LogP) is 5.49. The average molecular weight is 626 g/mol. The molecule has 0 amide bonds. The van der Waals surface area contributed by atoms with E-state index in [4.69, 9.17) is 36.1 Å². The molecule has 0 fully saturated rings. The molecule has 8 heteroatoms. The van der Waals surface area contributed by atoms with Crippen LogP contribution in [0.3, 0.4) is 0 Å². The van der Waals surface area contributed by atoms with Gasteiger partial charge in [-0.3, -0.25) is 0 Å². The van der Waals surface area contributed by atoms with Crippen LogP contribution in [-0.2, 0) is 24.0 Å². The summed E-state index contributed by atoms with van der Waals surface area (Å²) in [5.74, 6) is 0.672. The number of ether oxygens (including phenoxy) is 4. The highest BCUT2D eigenvalue weighted by Crippen LogP contribution is 2.40. The maximum absolute atomic E-state index is 12.6. The Bertz CT molecular complexity index is 1380. The molecule has 4 aromatic rings. The lowest BCUT2D eigenvalue weighted by Crippen LogP contribution is -2.26. The zero-order valence-corrected chi connectivity index (χ0v) is 26.7. The molecule has 244 valence electrons. The fourth-order valence-corrected chi connectivity index (χ4v) is 5.18. The molecule has 0 spiro atoms. The van der Waals surface area contributed by atoms with Crippen LogP contribution in [0.25, 0.3) is 0 Å². The minimum absolute atomic E-state index is 0.0996. The molecule has 0 unspecified atom stereocenters. The predicted molar refractivity (Wildman–Crippen MR) is 182 cm³/mol. The first-order valence-corrected chi connectivity index (χ1v) is 15.9. The lowest BCUT2D eigenvalue weighted by atomic mass is 10.0. The second-order valence-electron chi connectivity index (χ2n) is 11.6. The van der Waals surface area contributed by atoms with Crippen LogP contribution >= 0.6 is 0 Å². The third-order valence-electron chi connectivity index (χ3n) is 7.69. The van der Waals surface area contributed by atoms with Gasteiger partial charge in [0.05, 0.1) is 32.5 Å². The largest absolute Gasteiger partial charge is 0.489 e. The third kappa shape index (κ3) is 11.5. The molecule has 0 saturated heterocycles. The molecule has 6 N–H and O–H groups in total. The van der Waals surface area contributed by atoms with Crippen LogP contribution in [0.1, 0.15) is 46.3 Å². The summed E-state index contributed by atoms with van der Waals surface area (Å²) in [6, 6.07) is 33.3. The van der Waals surface area contributed by atoms with Gasteiger partial charge in [-0.15, -0.1) is 0 Å². The number of carbonyl (C=O) groups excluding carboxylic acids is 1. The second-order valence-corrected chi connectivity index (χ2v) is 11.6. The summed E-state index contributed by atoms with van der Waals surface area (Å²) in [6.07, 6.45) is 4.00. The fourth-order valence-electron chi connectivity index (χ4n) is 5.18. The van der Waals surface area contributed by atoms with E-state index in [9.17, 15) is 4.79 Å². The SMILES string of the molecule is COC(=O)c1cc(OCC[C@@H](N)Cc2ccccc2)c(OCC[C@@H](N)Cc2ccccc2)c(OCC[C@@H](N)Cc2ccccc2)c1. The van der Waals surface area contributed by atoms with E-state index in [1.165, 1.54) is 23.8 Å². The van der Waals surface area contributed by atoms with Gasteiger partial charge in [-0.05, 0) is 67.3 Å². The van der Waals surface area contributed by atoms with Gasteiger partial charge >= 0.3 is 5.97 Å². The van der Waals surface area contributed by atoms with Crippen LogP contribution in [0.15, 0.2) is 103 Å². The number of nitrogens with two attached hydrogens (primary N) is 3. The van der Waals surface area contributed by atoms with Crippen molar-refractivity contribution < 1.29 is 23.7 Å². The van der Waals surface area contributed by atoms with Gasteiger partial charge in [-0.25, -0.2) is 4.79 Å². The molecule has 0 aliphatic carbocycles.